The van der Waals surface area contributed by atoms with Crippen molar-refractivity contribution in [2.75, 3.05) is 19.7 Å². The van der Waals surface area contributed by atoms with Gasteiger partial charge in [0.05, 0.1) is 19.2 Å². The van der Waals surface area contributed by atoms with E-state index in [0.717, 1.165) is 32.1 Å². The molecule has 3 rings (SSSR count). The number of hydrogen-bond donors (Lipinski definition) is 5. The molecule has 2 aliphatic rings. The number of hydrogen-bond acceptors (Lipinski definition) is 8. The van der Waals surface area contributed by atoms with E-state index in [0.29, 0.717) is 31.4 Å². The van der Waals surface area contributed by atoms with Crippen LogP contribution in [0.5, 0.6) is 0 Å². The molecule has 0 radical (unpaired) electrons. The standard InChI is InChI=1S/C34H50N6O8/c1-4-12-24(29(42)32(45)36-19-26(41)38-27(30(35)43)22-13-7-5-8-14-22)37-31(44)25-17-11-18-40(25)33(46)28(23-15-9-6-10-16-23)39-34(47)48-20-21(2)3/h5,7-8,13-14,21,23-25,27-28H,4,6,9-12,15-20H2,1-3H3,(H2,35,43)(H,36,45)(H,37,44)(H,38,41)(H,39,47)/t24?,25-,27?,28-/m0/s1. The number of carbonyl (C=O) groups excluding carboxylic acids is 7. The molecule has 2 unspecified atom stereocenters. The van der Waals surface area contributed by atoms with Gasteiger partial charge in [-0.15, -0.1) is 0 Å². The second-order valence-electron chi connectivity index (χ2n) is 12.9. The molecule has 48 heavy (non-hydrogen) atoms. The largest absolute Gasteiger partial charge is 0.449 e. The quantitative estimate of drug-likeness (QED) is 0.163. The van der Waals surface area contributed by atoms with Crippen LogP contribution in [0.25, 0.3) is 0 Å². The molecule has 1 aliphatic carbocycles. The molecule has 0 aromatic heterocycles. The Balaban J connectivity index is 1.63. The molecule has 14 nitrogen and oxygen atoms in total. The summed E-state index contributed by atoms with van der Waals surface area (Å²) in [5, 5.41) is 10.1. The third kappa shape index (κ3) is 11.1. The highest BCUT2D eigenvalue weighted by Crippen LogP contribution is 2.29. The predicted octanol–water partition coefficient (Wildman–Crippen LogP) is 1.62. The maximum absolute atomic E-state index is 13.9. The molecule has 6 amide bonds. The summed E-state index contributed by atoms with van der Waals surface area (Å²) in [5.74, 6) is -4.48. The van der Waals surface area contributed by atoms with Gasteiger partial charge >= 0.3 is 6.09 Å². The first-order chi connectivity index (χ1) is 22.9. The highest BCUT2D eigenvalue weighted by molar-refractivity contribution is 6.38. The van der Waals surface area contributed by atoms with Crippen molar-refractivity contribution >= 4 is 41.4 Å². The lowest BCUT2D eigenvalue weighted by Crippen LogP contribution is -2.58. The number of amides is 6. The number of primary amides is 1. The van der Waals surface area contributed by atoms with E-state index in [9.17, 15) is 33.6 Å². The number of ketones is 1. The molecule has 264 valence electrons. The van der Waals surface area contributed by atoms with Gasteiger partial charge in [-0.2, -0.15) is 0 Å². The zero-order chi connectivity index (χ0) is 35.2. The minimum Gasteiger partial charge on any atom is -0.449 e. The summed E-state index contributed by atoms with van der Waals surface area (Å²) < 4.78 is 5.30. The van der Waals surface area contributed by atoms with Crippen LogP contribution in [-0.4, -0.2) is 84.1 Å². The summed E-state index contributed by atoms with van der Waals surface area (Å²) in [6, 6.07) is 4.27. The summed E-state index contributed by atoms with van der Waals surface area (Å²) in [4.78, 5) is 91.9. The Kier molecular flexibility index (Phi) is 14.8. The van der Waals surface area contributed by atoms with Crippen LogP contribution >= 0.6 is 0 Å². The molecule has 4 atom stereocenters. The van der Waals surface area contributed by atoms with Crippen molar-refractivity contribution in [3.05, 3.63) is 35.9 Å². The molecular weight excluding hydrogens is 620 g/mol. The fourth-order valence-corrected chi connectivity index (χ4v) is 6.15. The number of nitrogens with zero attached hydrogens (tertiary/aromatic N) is 1. The number of ether oxygens (including phenoxy) is 1. The molecule has 1 aliphatic heterocycles. The molecule has 14 heteroatoms. The summed E-state index contributed by atoms with van der Waals surface area (Å²) >= 11 is 0. The number of benzene rings is 1. The van der Waals surface area contributed by atoms with E-state index >= 15 is 0 Å². The van der Waals surface area contributed by atoms with Crippen molar-refractivity contribution in [1.82, 2.24) is 26.2 Å². The first-order valence-electron chi connectivity index (χ1n) is 16.9. The smallest absolute Gasteiger partial charge is 0.407 e. The molecule has 2 fully saturated rings. The SMILES string of the molecule is CCCC(NC(=O)[C@@H]1CCCN1C(=O)[C@@H](NC(=O)OCC(C)C)C1CCCCC1)C(=O)C(=O)NCC(=O)NC(C(N)=O)c1ccccc1. The van der Waals surface area contributed by atoms with Crippen LogP contribution in [0.1, 0.15) is 90.2 Å². The second kappa shape index (κ2) is 18.7. The number of likely N-dealkylation sites (tertiary alicyclic amines) is 1. The zero-order valence-corrected chi connectivity index (χ0v) is 28.1. The number of carbonyl (C=O) groups is 7. The molecule has 1 heterocycles. The van der Waals surface area contributed by atoms with Gasteiger partial charge in [0.25, 0.3) is 5.91 Å². The van der Waals surface area contributed by atoms with E-state index in [1.54, 1.807) is 37.3 Å². The monoisotopic (exact) mass is 670 g/mol. The van der Waals surface area contributed by atoms with Crippen molar-refractivity contribution in [3.63, 3.8) is 0 Å². The van der Waals surface area contributed by atoms with Crippen LogP contribution in [0, 0.1) is 11.8 Å². The Bertz CT molecular complexity index is 1300. The minimum atomic E-state index is -1.19. The van der Waals surface area contributed by atoms with Crippen LogP contribution < -0.4 is 27.0 Å². The predicted molar refractivity (Wildman–Crippen MR) is 176 cm³/mol. The van der Waals surface area contributed by atoms with E-state index in [2.05, 4.69) is 21.3 Å². The maximum atomic E-state index is 13.9. The van der Waals surface area contributed by atoms with Gasteiger partial charge in [0.2, 0.25) is 29.4 Å². The lowest BCUT2D eigenvalue weighted by Gasteiger charge is -2.34. The van der Waals surface area contributed by atoms with Crippen molar-refractivity contribution in [2.45, 2.75) is 103 Å². The number of alkyl carbamates (subject to hydrolysis) is 1. The average Bonchev–Trinajstić information content (AvgIpc) is 3.58. The van der Waals surface area contributed by atoms with Crippen molar-refractivity contribution < 1.29 is 38.3 Å². The van der Waals surface area contributed by atoms with Crippen LogP contribution in [-0.2, 0) is 33.5 Å². The van der Waals surface area contributed by atoms with Crippen LogP contribution in [0.3, 0.4) is 0 Å². The van der Waals surface area contributed by atoms with E-state index in [4.69, 9.17) is 10.5 Å². The van der Waals surface area contributed by atoms with Gasteiger partial charge in [-0.1, -0.05) is 76.8 Å². The molecular formula is C34H50N6O8. The molecule has 1 saturated carbocycles. The molecule has 1 saturated heterocycles. The minimum absolute atomic E-state index is 0.0941. The maximum Gasteiger partial charge on any atom is 0.407 e. The number of nitrogens with one attached hydrogen (secondary N) is 4. The Labute approximate surface area is 281 Å². The molecule has 0 bridgehead atoms. The van der Waals surface area contributed by atoms with Gasteiger partial charge in [-0.3, -0.25) is 28.8 Å². The number of rotatable bonds is 16. The molecule has 1 aromatic carbocycles. The summed E-state index contributed by atoms with van der Waals surface area (Å²) in [6.07, 6.45) is 5.29. The summed E-state index contributed by atoms with van der Waals surface area (Å²) in [6.45, 7) is 5.52. The molecule has 6 N–H and O–H groups in total. The van der Waals surface area contributed by atoms with Crippen LogP contribution in [0.4, 0.5) is 4.79 Å². The summed E-state index contributed by atoms with van der Waals surface area (Å²) in [5.41, 5.74) is 5.89. The van der Waals surface area contributed by atoms with Crippen LogP contribution in [0.15, 0.2) is 30.3 Å². The topological polar surface area (TPSA) is 206 Å². The fourth-order valence-electron chi connectivity index (χ4n) is 6.15. The lowest BCUT2D eigenvalue weighted by atomic mass is 9.83. The van der Waals surface area contributed by atoms with E-state index < -0.39 is 66.2 Å². The fraction of sp³-hybridized carbons (Fsp3) is 0.618. The zero-order valence-electron chi connectivity index (χ0n) is 28.1. The van der Waals surface area contributed by atoms with Gasteiger partial charge in [-0.05, 0) is 49.5 Å². The first-order valence-corrected chi connectivity index (χ1v) is 16.9. The van der Waals surface area contributed by atoms with Crippen molar-refractivity contribution in [3.8, 4) is 0 Å². The van der Waals surface area contributed by atoms with Gasteiger partial charge in [0.1, 0.15) is 18.1 Å². The third-order valence-corrected chi connectivity index (χ3v) is 8.61. The Hall–Kier alpha value is -4.49. The third-order valence-electron chi connectivity index (χ3n) is 8.61. The number of nitrogens with two attached hydrogens (primary N) is 1. The lowest BCUT2D eigenvalue weighted by molar-refractivity contribution is -0.143. The van der Waals surface area contributed by atoms with Crippen molar-refractivity contribution in [1.29, 1.82) is 0 Å². The van der Waals surface area contributed by atoms with Gasteiger partial charge < -0.3 is 36.6 Å². The second-order valence-corrected chi connectivity index (χ2v) is 12.9. The van der Waals surface area contributed by atoms with Crippen molar-refractivity contribution in [2.24, 2.45) is 17.6 Å². The average molecular weight is 671 g/mol. The summed E-state index contributed by atoms with van der Waals surface area (Å²) in [7, 11) is 0. The number of Topliss-reactive ketones (excluding diaryl/α,β-unsaturated/α-hetero) is 1. The molecule has 0 spiro atoms. The highest BCUT2D eigenvalue weighted by Gasteiger charge is 2.42. The van der Waals surface area contributed by atoms with Gasteiger partial charge in [0, 0.05) is 6.54 Å². The van der Waals surface area contributed by atoms with E-state index in [1.165, 1.54) is 4.90 Å². The van der Waals surface area contributed by atoms with Gasteiger partial charge in [0.15, 0.2) is 0 Å². The first kappa shape index (κ1) is 38.0. The van der Waals surface area contributed by atoms with Gasteiger partial charge in [-0.25, -0.2) is 4.79 Å². The highest BCUT2D eigenvalue weighted by atomic mass is 16.5. The Morgan fingerprint density at radius 1 is 0.917 bits per heavy atom. The normalized spacial score (nSPS) is 18.2. The Morgan fingerprint density at radius 3 is 2.23 bits per heavy atom. The Morgan fingerprint density at radius 2 is 1.60 bits per heavy atom. The van der Waals surface area contributed by atoms with E-state index in [-0.39, 0.29) is 30.8 Å². The molecule has 1 aromatic rings. The van der Waals surface area contributed by atoms with E-state index in [1.807, 2.05) is 13.8 Å². The van der Waals surface area contributed by atoms with Crippen LogP contribution in [0.2, 0.25) is 0 Å².